The average Bonchev–Trinajstić information content (AvgIpc) is 3.03. The number of hydrogen-bond donors (Lipinski definition) is 1. The van der Waals surface area contributed by atoms with Crippen LogP contribution in [0.25, 0.3) is 0 Å². The Kier molecular flexibility index (Phi) is 7.87. The van der Waals surface area contributed by atoms with E-state index >= 15 is 0 Å². The van der Waals surface area contributed by atoms with Gasteiger partial charge in [-0.15, -0.1) is 11.3 Å². The van der Waals surface area contributed by atoms with E-state index in [4.69, 9.17) is 12.2 Å². The molecule has 0 aliphatic carbocycles. The Labute approximate surface area is 163 Å². The smallest absolute Gasteiger partial charge is 0.231 e. The highest BCUT2D eigenvalue weighted by molar-refractivity contribution is 8.22. The summed E-state index contributed by atoms with van der Waals surface area (Å²) in [5.41, 5.74) is 2.96. The number of thiazole rings is 1. The predicted octanol–water partition coefficient (Wildman–Crippen LogP) is 4.49. The second-order valence-electron chi connectivity index (χ2n) is 5.55. The number of thioether (sulfide) groups is 1. The number of amides is 1. The summed E-state index contributed by atoms with van der Waals surface area (Å²) in [6.07, 6.45) is 0.295. The highest BCUT2D eigenvalue weighted by Gasteiger charge is 2.11. The van der Waals surface area contributed by atoms with Crippen LogP contribution >= 0.6 is 35.3 Å². The van der Waals surface area contributed by atoms with Crippen LogP contribution in [0.3, 0.4) is 0 Å². The van der Waals surface area contributed by atoms with Crippen LogP contribution in [-0.4, -0.2) is 33.2 Å². The molecule has 0 spiro atoms. The molecule has 1 aromatic heterocycles. The molecule has 0 radical (unpaired) electrons. The second-order valence-corrected chi connectivity index (χ2v) is 8.10. The Hall–Kier alpha value is -1.44. The molecule has 0 bridgehead atoms. The largest absolute Gasteiger partial charge is 0.358 e. The summed E-state index contributed by atoms with van der Waals surface area (Å²) in [6.45, 7) is 8.06. The highest BCUT2D eigenvalue weighted by Crippen LogP contribution is 2.19. The van der Waals surface area contributed by atoms with Gasteiger partial charge in [-0.3, -0.25) is 4.79 Å². The van der Waals surface area contributed by atoms with Crippen LogP contribution in [0.5, 0.6) is 0 Å². The zero-order valence-corrected chi connectivity index (χ0v) is 17.2. The standard InChI is InChI=1S/C18H23N3OS3/c1-4-21(5-2)18(23)25-12-15-11-24-17(20-15)10-16(22)19-14-8-6-13(3)7-9-14/h6-9,11H,4-5,10,12H2,1-3H3,(H,19,22). The summed E-state index contributed by atoms with van der Waals surface area (Å²) in [7, 11) is 0. The molecule has 0 unspecified atom stereocenters. The molecule has 2 rings (SSSR count). The zero-order chi connectivity index (χ0) is 18.2. The van der Waals surface area contributed by atoms with Crippen LogP contribution in [0.4, 0.5) is 5.69 Å². The number of carbonyl (C=O) groups excluding carboxylic acids is 1. The van der Waals surface area contributed by atoms with Gasteiger partial charge in [0.2, 0.25) is 5.91 Å². The fourth-order valence-corrected chi connectivity index (χ4v) is 4.38. The number of carbonyl (C=O) groups is 1. The van der Waals surface area contributed by atoms with Crippen molar-refractivity contribution in [1.82, 2.24) is 9.88 Å². The lowest BCUT2D eigenvalue weighted by Gasteiger charge is -2.20. The highest BCUT2D eigenvalue weighted by atomic mass is 32.2. The number of hydrogen-bond acceptors (Lipinski definition) is 5. The first kappa shape index (κ1) is 19.9. The summed E-state index contributed by atoms with van der Waals surface area (Å²) in [4.78, 5) is 18.8. The minimum absolute atomic E-state index is 0.0453. The van der Waals surface area contributed by atoms with Crippen LogP contribution in [0.15, 0.2) is 29.6 Å². The maximum absolute atomic E-state index is 12.1. The first-order valence-electron chi connectivity index (χ1n) is 8.23. The molecule has 4 nitrogen and oxygen atoms in total. The Morgan fingerprint density at radius 2 is 1.96 bits per heavy atom. The summed E-state index contributed by atoms with van der Waals surface area (Å²) in [6, 6.07) is 7.77. The number of aryl methyl sites for hydroxylation is 1. The molecule has 0 aliphatic rings. The number of nitrogens with zero attached hydrogens (tertiary/aromatic N) is 2. The first-order valence-corrected chi connectivity index (χ1v) is 10.5. The molecule has 0 aliphatic heterocycles. The van der Waals surface area contributed by atoms with Gasteiger partial charge < -0.3 is 10.2 Å². The van der Waals surface area contributed by atoms with Crippen molar-refractivity contribution >= 4 is 51.2 Å². The van der Waals surface area contributed by atoms with E-state index in [0.717, 1.165) is 39.6 Å². The molecule has 1 amide bonds. The Morgan fingerprint density at radius 3 is 2.60 bits per heavy atom. The Balaban J connectivity index is 1.83. The van der Waals surface area contributed by atoms with E-state index in [1.54, 1.807) is 11.8 Å². The van der Waals surface area contributed by atoms with Crippen molar-refractivity contribution in [3.05, 3.63) is 45.9 Å². The summed E-state index contributed by atoms with van der Waals surface area (Å²) in [5.74, 6) is 0.696. The van der Waals surface area contributed by atoms with Crippen LogP contribution in [0, 0.1) is 6.92 Å². The van der Waals surface area contributed by atoms with E-state index in [-0.39, 0.29) is 5.91 Å². The van der Waals surface area contributed by atoms with Crippen molar-refractivity contribution in [2.75, 3.05) is 18.4 Å². The molecule has 0 fully saturated rings. The molecule has 0 saturated heterocycles. The van der Waals surface area contributed by atoms with Crippen LogP contribution < -0.4 is 5.32 Å². The van der Waals surface area contributed by atoms with Gasteiger partial charge in [-0.05, 0) is 32.9 Å². The van der Waals surface area contributed by atoms with Crippen molar-refractivity contribution in [2.24, 2.45) is 0 Å². The summed E-state index contributed by atoms with van der Waals surface area (Å²) >= 11 is 8.58. The molecule has 0 saturated carbocycles. The monoisotopic (exact) mass is 393 g/mol. The number of rotatable bonds is 7. The molecule has 1 heterocycles. The summed E-state index contributed by atoms with van der Waals surface area (Å²) in [5, 5.41) is 5.74. The van der Waals surface area contributed by atoms with Crippen LogP contribution in [0.1, 0.15) is 30.1 Å². The molecule has 1 N–H and O–H groups in total. The molecular weight excluding hydrogens is 370 g/mol. The van der Waals surface area contributed by atoms with E-state index in [1.807, 2.05) is 36.6 Å². The van der Waals surface area contributed by atoms with E-state index in [9.17, 15) is 4.79 Å². The average molecular weight is 394 g/mol. The van der Waals surface area contributed by atoms with Crippen molar-refractivity contribution in [2.45, 2.75) is 32.9 Å². The topological polar surface area (TPSA) is 45.2 Å². The van der Waals surface area contributed by atoms with Gasteiger partial charge in [0.05, 0.1) is 12.1 Å². The summed E-state index contributed by atoms with van der Waals surface area (Å²) < 4.78 is 0.900. The molecule has 25 heavy (non-hydrogen) atoms. The lowest BCUT2D eigenvalue weighted by molar-refractivity contribution is -0.115. The number of aromatic nitrogens is 1. The van der Waals surface area contributed by atoms with Gasteiger partial charge in [0, 0.05) is 29.9 Å². The number of benzene rings is 1. The molecule has 2 aromatic rings. The van der Waals surface area contributed by atoms with Gasteiger partial charge in [0.15, 0.2) is 0 Å². The van der Waals surface area contributed by atoms with Gasteiger partial charge in [-0.1, -0.05) is 41.7 Å². The van der Waals surface area contributed by atoms with Gasteiger partial charge in [0.1, 0.15) is 9.33 Å². The quantitative estimate of drug-likeness (QED) is 0.702. The zero-order valence-electron chi connectivity index (χ0n) is 14.7. The van der Waals surface area contributed by atoms with Gasteiger partial charge in [-0.25, -0.2) is 4.98 Å². The molecule has 134 valence electrons. The fourth-order valence-electron chi connectivity index (χ4n) is 2.18. The maximum Gasteiger partial charge on any atom is 0.231 e. The van der Waals surface area contributed by atoms with Crippen molar-refractivity contribution in [1.29, 1.82) is 0 Å². The predicted molar refractivity (Wildman–Crippen MR) is 112 cm³/mol. The van der Waals surface area contributed by atoms with Crippen molar-refractivity contribution < 1.29 is 4.79 Å². The van der Waals surface area contributed by atoms with Gasteiger partial charge >= 0.3 is 0 Å². The lowest BCUT2D eigenvalue weighted by atomic mass is 10.2. The van der Waals surface area contributed by atoms with Gasteiger partial charge in [0.25, 0.3) is 0 Å². The minimum Gasteiger partial charge on any atom is -0.358 e. The first-order chi connectivity index (χ1) is 12.0. The molecular formula is C18H23N3OS3. The van der Waals surface area contributed by atoms with E-state index < -0.39 is 0 Å². The Morgan fingerprint density at radius 1 is 1.28 bits per heavy atom. The lowest BCUT2D eigenvalue weighted by Crippen LogP contribution is -2.26. The van der Waals surface area contributed by atoms with Crippen LogP contribution in [-0.2, 0) is 17.0 Å². The molecule has 7 heteroatoms. The van der Waals surface area contributed by atoms with E-state index in [0.29, 0.717) is 6.42 Å². The normalized spacial score (nSPS) is 10.5. The van der Waals surface area contributed by atoms with Crippen molar-refractivity contribution in [3.63, 3.8) is 0 Å². The third kappa shape index (κ3) is 6.41. The fraction of sp³-hybridized carbons (Fsp3) is 0.389. The maximum atomic E-state index is 12.1. The molecule has 0 atom stereocenters. The number of thiocarbonyl (C=S) groups is 1. The number of anilines is 1. The van der Waals surface area contributed by atoms with Gasteiger partial charge in [-0.2, -0.15) is 0 Å². The molecule has 1 aromatic carbocycles. The van der Waals surface area contributed by atoms with E-state index in [2.05, 4.69) is 29.0 Å². The van der Waals surface area contributed by atoms with E-state index in [1.165, 1.54) is 16.9 Å². The number of nitrogens with one attached hydrogen (secondary N) is 1. The third-order valence-electron chi connectivity index (χ3n) is 3.61. The second kappa shape index (κ2) is 9.89. The third-order valence-corrected chi connectivity index (χ3v) is 6.07. The SMILES string of the molecule is CCN(CC)C(=S)SCc1csc(CC(=O)Nc2ccc(C)cc2)n1. The van der Waals surface area contributed by atoms with Crippen molar-refractivity contribution in [3.8, 4) is 0 Å². The van der Waals surface area contributed by atoms with Crippen LogP contribution in [0.2, 0.25) is 0 Å². The Bertz CT molecular complexity index is 709. The minimum atomic E-state index is -0.0453.